The fourth-order valence-electron chi connectivity index (χ4n) is 4.88. The van der Waals surface area contributed by atoms with Gasteiger partial charge in [0.05, 0.1) is 6.04 Å². The van der Waals surface area contributed by atoms with E-state index in [-0.39, 0.29) is 18.4 Å². The Bertz CT molecular complexity index is 680. The van der Waals surface area contributed by atoms with Crippen molar-refractivity contribution in [1.29, 1.82) is 0 Å². The predicted molar refractivity (Wildman–Crippen MR) is 107 cm³/mol. The first-order valence-electron chi connectivity index (χ1n) is 10.5. The van der Waals surface area contributed by atoms with Crippen LogP contribution < -0.4 is 5.32 Å². The molecule has 7 heteroatoms. The number of nitrogens with zero attached hydrogens (tertiary/aromatic N) is 2. The number of alkyl halides is 3. The zero-order valence-electron chi connectivity index (χ0n) is 17.5. The molecule has 1 aromatic carbocycles. The molecule has 1 saturated carbocycles. The number of carbonyl (C=O) groups excluding carboxylic acids is 1. The molecule has 4 atom stereocenters. The Kier molecular flexibility index (Phi) is 6.89. The Morgan fingerprint density at radius 3 is 2.48 bits per heavy atom. The molecular formula is C22H32F3N3O. The Labute approximate surface area is 171 Å². The van der Waals surface area contributed by atoms with E-state index in [1.807, 2.05) is 44.2 Å². The molecule has 0 radical (unpaired) electrons. The van der Waals surface area contributed by atoms with Crippen molar-refractivity contribution < 1.29 is 18.0 Å². The van der Waals surface area contributed by atoms with Gasteiger partial charge in [-0.3, -0.25) is 4.79 Å². The molecule has 0 bridgehead atoms. The molecule has 1 aromatic rings. The van der Waals surface area contributed by atoms with Gasteiger partial charge < -0.3 is 10.2 Å². The van der Waals surface area contributed by atoms with E-state index in [0.29, 0.717) is 23.3 Å². The average molecular weight is 412 g/mol. The molecule has 162 valence electrons. The monoisotopic (exact) mass is 411 g/mol. The maximum atomic E-state index is 13.6. The van der Waals surface area contributed by atoms with Crippen molar-refractivity contribution in [2.45, 2.75) is 58.0 Å². The lowest BCUT2D eigenvalue weighted by Crippen LogP contribution is -2.55. The molecule has 4 nitrogen and oxygen atoms in total. The van der Waals surface area contributed by atoms with Gasteiger partial charge in [-0.2, -0.15) is 13.2 Å². The smallest absolute Gasteiger partial charge is 0.334 e. The van der Waals surface area contributed by atoms with E-state index in [9.17, 15) is 18.0 Å². The number of carbonyl (C=O) groups is 1. The van der Waals surface area contributed by atoms with E-state index < -0.39 is 18.2 Å². The van der Waals surface area contributed by atoms with E-state index in [4.69, 9.17) is 0 Å². The lowest BCUT2D eigenvalue weighted by atomic mass is 9.94. The summed E-state index contributed by atoms with van der Waals surface area (Å²) in [5, 5.41) is 3.39. The Morgan fingerprint density at radius 1 is 1.17 bits per heavy atom. The van der Waals surface area contributed by atoms with Crippen molar-refractivity contribution in [3.63, 3.8) is 0 Å². The first-order valence-corrected chi connectivity index (χ1v) is 10.5. The third-order valence-corrected chi connectivity index (χ3v) is 6.45. The molecule has 2 fully saturated rings. The van der Waals surface area contributed by atoms with E-state index in [1.54, 1.807) is 4.90 Å². The quantitative estimate of drug-likeness (QED) is 0.692. The largest absolute Gasteiger partial charge is 0.460 e. The maximum absolute atomic E-state index is 13.6. The molecule has 0 aromatic heterocycles. The van der Waals surface area contributed by atoms with E-state index in [0.717, 1.165) is 38.5 Å². The Balaban J connectivity index is 1.91. The number of nitrogens with one attached hydrogen (secondary N) is 1. The summed E-state index contributed by atoms with van der Waals surface area (Å²) in [6, 6.07) is 8.36. The van der Waals surface area contributed by atoms with Crippen LogP contribution in [-0.4, -0.2) is 54.2 Å². The van der Waals surface area contributed by atoms with Crippen molar-refractivity contribution in [2.75, 3.05) is 20.1 Å². The van der Waals surface area contributed by atoms with Crippen LogP contribution in [0.1, 0.15) is 38.7 Å². The van der Waals surface area contributed by atoms with E-state index in [1.165, 1.54) is 0 Å². The van der Waals surface area contributed by atoms with Gasteiger partial charge in [0.25, 0.3) is 0 Å². The molecular weight excluding hydrogens is 379 g/mol. The van der Waals surface area contributed by atoms with Gasteiger partial charge in [-0.05, 0) is 56.2 Å². The van der Waals surface area contributed by atoms with Crippen molar-refractivity contribution in [2.24, 2.45) is 17.8 Å². The van der Waals surface area contributed by atoms with Gasteiger partial charge in [0, 0.05) is 19.1 Å². The lowest BCUT2D eigenvalue weighted by Gasteiger charge is -2.39. The number of likely N-dealkylation sites (N-methyl/N-ethyl adjacent to an activating group) is 1. The van der Waals surface area contributed by atoms with Crippen LogP contribution in [0, 0.1) is 17.8 Å². The molecule has 29 heavy (non-hydrogen) atoms. The summed E-state index contributed by atoms with van der Waals surface area (Å²) >= 11 is 0. The van der Waals surface area contributed by atoms with Crippen molar-refractivity contribution in [3.05, 3.63) is 35.9 Å². The van der Waals surface area contributed by atoms with Crippen LogP contribution in [0.5, 0.6) is 0 Å². The second kappa shape index (κ2) is 9.04. The van der Waals surface area contributed by atoms with E-state index >= 15 is 0 Å². The second-order valence-electron chi connectivity index (χ2n) is 8.90. The van der Waals surface area contributed by atoms with Gasteiger partial charge in [0.2, 0.25) is 5.91 Å². The van der Waals surface area contributed by atoms with Gasteiger partial charge in [0.15, 0.2) is 0 Å². The molecule has 1 saturated heterocycles. The number of rotatable bonds is 7. The normalized spacial score (nSPS) is 25.4. The first kappa shape index (κ1) is 22.1. The molecule has 2 aliphatic rings. The first-order chi connectivity index (χ1) is 13.7. The van der Waals surface area contributed by atoms with Crippen LogP contribution in [0.15, 0.2) is 30.3 Å². The molecule has 1 amide bonds. The SMILES string of the molecule is CC(C)C[C@@H](C(=O)N(Cc1ccccc1)C1CCC2CNCC21)N(C)C(F)(F)F. The average Bonchev–Trinajstić information content (AvgIpc) is 3.27. The van der Waals surface area contributed by atoms with Crippen molar-refractivity contribution >= 4 is 5.91 Å². The van der Waals surface area contributed by atoms with Crippen LogP contribution >= 0.6 is 0 Å². The number of hydrogen-bond acceptors (Lipinski definition) is 3. The molecule has 1 heterocycles. The van der Waals surface area contributed by atoms with Gasteiger partial charge >= 0.3 is 6.30 Å². The lowest BCUT2D eigenvalue weighted by molar-refractivity contribution is -0.250. The number of benzene rings is 1. The number of halogens is 3. The molecule has 3 unspecified atom stereocenters. The van der Waals surface area contributed by atoms with Crippen molar-refractivity contribution in [1.82, 2.24) is 15.1 Å². The summed E-state index contributed by atoms with van der Waals surface area (Å²) in [6.45, 7) is 5.84. The number of hydrogen-bond donors (Lipinski definition) is 1. The van der Waals surface area contributed by atoms with Crippen molar-refractivity contribution in [3.8, 4) is 0 Å². The van der Waals surface area contributed by atoms with Gasteiger partial charge in [-0.25, -0.2) is 4.90 Å². The van der Waals surface area contributed by atoms with E-state index in [2.05, 4.69) is 5.32 Å². The maximum Gasteiger partial charge on any atom is 0.460 e. The second-order valence-corrected chi connectivity index (χ2v) is 8.90. The predicted octanol–water partition coefficient (Wildman–Crippen LogP) is 3.88. The molecule has 0 spiro atoms. The standard InChI is InChI=1S/C22H32F3N3O/c1-15(2)11-20(27(3)22(23,24)25)21(29)28(14-16-7-5-4-6-8-16)19-10-9-17-12-26-13-18(17)19/h4-8,15,17-20,26H,9-14H2,1-3H3/t17?,18?,19?,20-/m0/s1. The van der Waals surface area contributed by atoms with Crippen LogP contribution in [0.3, 0.4) is 0 Å². The summed E-state index contributed by atoms with van der Waals surface area (Å²) in [4.78, 5) is 15.7. The summed E-state index contributed by atoms with van der Waals surface area (Å²) in [7, 11) is 1.00. The van der Waals surface area contributed by atoms with Crippen LogP contribution in [0.4, 0.5) is 13.2 Å². The topological polar surface area (TPSA) is 35.6 Å². The zero-order chi connectivity index (χ0) is 21.2. The summed E-state index contributed by atoms with van der Waals surface area (Å²) < 4.78 is 40.6. The van der Waals surface area contributed by atoms with Gasteiger partial charge in [-0.15, -0.1) is 0 Å². The number of amides is 1. The minimum atomic E-state index is -4.54. The fraction of sp³-hybridized carbons (Fsp3) is 0.682. The third kappa shape index (κ3) is 5.12. The highest BCUT2D eigenvalue weighted by Crippen LogP contribution is 2.39. The molecule has 3 rings (SSSR count). The van der Waals surface area contributed by atoms with Crippen LogP contribution in [0.25, 0.3) is 0 Å². The number of fused-ring (bicyclic) bond motifs is 1. The summed E-state index contributed by atoms with van der Waals surface area (Å²) in [6.07, 6.45) is -2.48. The van der Waals surface area contributed by atoms with Crippen LogP contribution in [-0.2, 0) is 11.3 Å². The highest BCUT2D eigenvalue weighted by atomic mass is 19.4. The molecule has 1 aliphatic carbocycles. The fourth-order valence-corrected chi connectivity index (χ4v) is 4.88. The van der Waals surface area contributed by atoms with Crippen LogP contribution in [0.2, 0.25) is 0 Å². The third-order valence-electron chi connectivity index (χ3n) is 6.45. The minimum absolute atomic E-state index is 0.0148. The highest BCUT2D eigenvalue weighted by molar-refractivity contribution is 5.82. The highest BCUT2D eigenvalue weighted by Gasteiger charge is 2.47. The summed E-state index contributed by atoms with van der Waals surface area (Å²) in [5.74, 6) is 0.408. The van der Waals surface area contributed by atoms with Gasteiger partial charge in [0.1, 0.15) is 0 Å². The Morgan fingerprint density at radius 2 is 1.86 bits per heavy atom. The minimum Gasteiger partial charge on any atom is -0.334 e. The Hall–Kier alpha value is -1.60. The molecule has 1 N–H and O–H groups in total. The van der Waals surface area contributed by atoms with Gasteiger partial charge in [-0.1, -0.05) is 44.2 Å². The summed E-state index contributed by atoms with van der Waals surface area (Å²) in [5.41, 5.74) is 0.952. The molecule has 1 aliphatic heterocycles. The zero-order valence-corrected chi connectivity index (χ0v) is 17.5.